The van der Waals surface area contributed by atoms with E-state index >= 15 is 0 Å². The molecule has 1 aromatic rings. The fourth-order valence-corrected chi connectivity index (χ4v) is 1.87. The van der Waals surface area contributed by atoms with Crippen LogP contribution in [0.15, 0.2) is 18.5 Å². The second-order valence-corrected chi connectivity index (χ2v) is 4.99. The Labute approximate surface area is 96.1 Å². The molecular weight excluding hydrogens is 206 g/mol. The van der Waals surface area contributed by atoms with Crippen LogP contribution in [0.4, 0.5) is 0 Å². The van der Waals surface area contributed by atoms with Crippen molar-refractivity contribution in [2.24, 2.45) is 5.92 Å². The SMILES string of the molecule is CSCCCn1ccc(C(=O)C(C)C)c1. The highest BCUT2D eigenvalue weighted by molar-refractivity contribution is 7.98. The van der Waals surface area contributed by atoms with Gasteiger partial charge in [0.2, 0.25) is 0 Å². The average Bonchev–Trinajstić information content (AvgIpc) is 2.65. The molecule has 0 radical (unpaired) electrons. The highest BCUT2D eigenvalue weighted by Crippen LogP contribution is 2.09. The molecule has 0 aliphatic carbocycles. The molecule has 3 heteroatoms. The summed E-state index contributed by atoms with van der Waals surface area (Å²) in [4.78, 5) is 11.7. The van der Waals surface area contributed by atoms with Crippen LogP contribution in [-0.2, 0) is 6.54 Å². The van der Waals surface area contributed by atoms with Gasteiger partial charge in [-0.3, -0.25) is 4.79 Å². The van der Waals surface area contributed by atoms with Crippen molar-refractivity contribution in [1.82, 2.24) is 4.57 Å². The van der Waals surface area contributed by atoms with Crippen molar-refractivity contribution in [3.63, 3.8) is 0 Å². The van der Waals surface area contributed by atoms with Gasteiger partial charge in [0.05, 0.1) is 0 Å². The summed E-state index contributed by atoms with van der Waals surface area (Å²) in [5, 5.41) is 0. The molecule has 0 spiro atoms. The van der Waals surface area contributed by atoms with Crippen LogP contribution in [0.2, 0.25) is 0 Å². The Morgan fingerprint density at radius 1 is 1.53 bits per heavy atom. The summed E-state index contributed by atoms with van der Waals surface area (Å²) in [7, 11) is 0. The number of aryl methyl sites for hydroxylation is 1. The number of rotatable bonds is 6. The number of Topliss-reactive ketones (excluding diaryl/α,β-unsaturated/α-hetero) is 1. The summed E-state index contributed by atoms with van der Waals surface area (Å²) in [6, 6.07) is 1.92. The molecule has 0 saturated heterocycles. The Kier molecular flexibility index (Phi) is 4.95. The van der Waals surface area contributed by atoms with Gasteiger partial charge >= 0.3 is 0 Å². The predicted octanol–water partition coefficient (Wildman–Crippen LogP) is 3.08. The zero-order valence-electron chi connectivity index (χ0n) is 9.69. The lowest BCUT2D eigenvalue weighted by atomic mass is 10.0. The van der Waals surface area contributed by atoms with Gasteiger partial charge < -0.3 is 4.57 Å². The minimum atomic E-state index is 0.0899. The van der Waals surface area contributed by atoms with Crippen molar-refractivity contribution in [1.29, 1.82) is 0 Å². The summed E-state index contributed by atoms with van der Waals surface area (Å²) in [6.07, 6.45) is 7.23. The Morgan fingerprint density at radius 3 is 2.87 bits per heavy atom. The normalized spacial score (nSPS) is 10.9. The third-order valence-electron chi connectivity index (χ3n) is 2.32. The van der Waals surface area contributed by atoms with Gasteiger partial charge in [0.1, 0.15) is 0 Å². The zero-order valence-corrected chi connectivity index (χ0v) is 10.5. The van der Waals surface area contributed by atoms with E-state index in [4.69, 9.17) is 0 Å². The number of ketones is 1. The lowest BCUT2D eigenvalue weighted by Crippen LogP contribution is -2.06. The first-order valence-electron chi connectivity index (χ1n) is 5.34. The van der Waals surface area contributed by atoms with E-state index in [2.05, 4.69) is 10.8 Å². The van der Waals surface area contributed by atoms with Gasteiger partial charge in [-0.1, -0.05) is 13.8 Å². The molecule has 0 amide bonds. The smallest absolute Gasteiger partial charge is 0.166 e. The molecule has 1 rings (SSSR count). The number of aromatic nitrogens is 1. The second kappa shape index (κ2) is 6.01. The van der Waals surface area contributed by atoms with Crippen molar-refractivity contribution in [2.45, 2.75) is 26.8 Å². The minimum absolute atomic E-state index is 0.0899. The first-order valence-corrected chi connectivity index (χ1v) is 6.73. The van der Waals surface area contributed by atoms with E-state index < -0.39 is 0 Å². The summed E-state index contributed by atoms with van der Waals surface area (Å²) >= 11 is 1.86. The van der Waals surface area contributed by atoms with Gasteiger partial charge in [-0.15, -0.1) is 0 Å². The van der Waals surface area contributed by atoms with Crippen molar-refractivity contribution in [3.05, 3.63) is 24.0 Å². The molecule has 0 saturated carbocycles. The molecular formula is C12H19NOS. The Balaban J connectivity index is 2.52. The highest BCUT2D eigenvalue weighted by Gasteiger charge is 2.11. The topological polar surface area (TPSA) is 22.0 Å². The quantitative estimate of drug-likeness (QED) is 0.548. The number of hydrogen-bond donors (Lipinski definition) is 0. The van der Waals surface area contributed by atoms with Gasteiger partial charge in [0.15, 0.2) is 5.78 Å². The number of hydrogen-bond acceptors (Lipinski definition) is 2. The summed E-state index contributed by atoms with van der Waals surface area (Å²) in [5.74, 6) is 1.50. The molecule has 0 N–H and O–H groups in total. The molecule has 0 atom stereocenters. The van der Waals surface area contributed by atoms with Crippen molar-refractivity contribution >= 4 is 17.5 Å². The zero-order chi connectivity index (χ0) is 11.3. The standard InChI is InChI=1S/C12H19NOS/c1-10(2)12(14)11-5-7-13(9-11)6-4-8-15-3/h5,7,9-10H,4,6,8H2,1-3H3. The summed E-state index contributed by atoms with van der Waals surface area (Å²) < 4.78 is 2.10. The lowest BCUT2D eigenvalue weighted by Gasteiger charge is -2.02. The first-order chi connectivity index (χ1) is 7.15. The number of thioether (sulfide) groups is 1. The van der Waals surface area contributed by atoms with E-state index in [0.717, 1.165) is 18.5 Å². The largest absolute Gasteiger partial charge is 0.353 e. The van der Waals surface area contributed by atoms with Crippen LogP contribution in [0, 0.1) is 5.92 Å². The van der Waals surface area contributed by atoms with Gasteiger partial charge in [0, 0.05) is 30.4 Å². The maximum absolute atomic E-state index is 11.7. The Morgan fingerprint density at radius 2 is 2.27 bits per heavy atom. The van der Waals surface area contributed by atoms with Gasteiger partial charge in [-0.25, -0.2) is 0 Å². The lowest BCUT2D eigenvalue weighted by molar-refractivity contribution is 0.0939. The fourth-order valence-electron chi connectivity index (χ4n) is 1.45. The van der Waals surface area contributed by atoms with E-state index in [-0.39, 0.29) is 11.7 Å². The third kappa shape index (κ3) is 3.74. The van der Waals surface area contributed by atoms with Crippen LogP contribution in [0.1, 0.15) is 30.6 Å². The Bertz CT molecular complexity index is 317. The van der Waals surface area contributed by atoms with Gasteiger partial charge in [-0.05, 0) is 24.5 Å². The monoisotopic (exact) mass is 225 g/mol. The molecule has 84 valence electrons. The maximum Gasteiger partial charge on any atom is 0.166 e. The van der Waals surface area contributed by atoms with Crippen LogP contribution in [-0.4, -0.2) is 22.4 Å². The first kappa shape index (κ1) is 12.4. The molecule has 1 aromatic heterocycles. The van der Waals surface area contributed by atoms with E-state index in [1.54, 1.807) is 0 Å². The summed E-state index contributed by atoms with van der Waals surface area (Å²) in [6.45, 7) is 4.88. The van der Waals surface area contributed by atoms with Crippen molar-refractivity contribution in [2.75, 3.05) is 12.0 Å². The molecule has 0 aliphatic rings. The molecule has 0 unspecified atom stereocenters. The van der Waals surface area contributed by atoms with E-state index in [1.807, 2.05) is 44.1 Å². The van der Waals surface area contributed by atoms with Crippen LogP contribution < -0.4 is 0 Å². The van der Waals surface area contributed by atoms with E-state index in [9.17, 15) is 4.79 Å². The minimum Gasteiger partial charge on any atom is -0.353 e. The molecule has 15 heavy (non-hydrogen) atoms. The molecule has 2 nitrogen and oxygen atoms in total. The van der Waals surface area contributed by atoms with Crippen LogP contribution >= 0.6 is 11.8 Å². The van der Waals surface area contributed by atoms with Crippen LogP contribution in [0.5, 0.6) is 0 Å². The second-order valence-electron chi connectivity index (χ2n) is 4.00. The van der Waals surface area contributed by atoms with Crippen LogP contribution in [0.25, 0.3) is 0 Å². The molecule has 0 aliphatic heterocycles. The van der Waals surface area contributed by atoms with Gasteiger partial charge in [0.25, 0.3) is 0 Å². The maximum atomic E-state index is 11.7. The predicted molar refractivity (Wildman–Crippen MR) is 66.6 cm³/mol. The average molecular weight is 225 g/mol. The fraction of sp³-hybridized carbons (Fsp3) is 0.583. The molecule has 0 fully saturated rings. The number of carbonyl (C=O) groups excluding carboxylic acids is 1. The highest BCUT2D eigenvalue weighted by atomic mass is 32.2. The third-order valence-corrected chi connectivity index (χ3v) is 3.02. The number of carbonyl (C=O) groups is 1. The van der Waals surface area contributed by atoms with Crippen LogP contribution in [0.3, 0.4) is 0 Å². The molecule has 1 heterocycles. The summed E-state index contributed by atoms with van der Waals surface area (Å²) in [5.41, 5.74) is 0.842. The molecule has 0 bridgehead atoms. The Hall–Kier alpha value is -0.700. The van der Waals surface area contributed by atoms with Crippen molar-refractivity contribution in [3.8, 4) is 0 Å². The molecule has 0 aromatic carbocycles. The van der Waals surface area contributed by atoms with Crippen molar-refractivity contribution < 1.29 is 4.79 Å². The van der Waals surface area contributed by atoms with E-state index in [0.29, 0.717) is 0 Å². The van der Waals surface area contributed by atoms with E-state index in [1.165, 1.54) is 5.75 Å². The van der Waals surface area contributed by atoms with Gasteiger partial charge in [-0.2, -0.15) is 11.8 Å². The number of nitrogens with zero attached hydrogens (tertiary/aromatic N) is 1.